The number of nitrogens with zero attached hydrogens (tertiary/aromatic N) is 4. The van der Waals surface area contributed by atoms with Crippen LogP contribution >= 0.6 is 11.8 Å². The summed E-state index contributed by atoms with van der Waals surface area (Å²) in [5.41, 5.74) is 4.80. The number of nitrogens with one attached hydrogen (secondary N) is 1. The molecular weight excluding hydrogens is 418 g/mol. The molecule has 0 spiro atoms. The molecule has 0 radical (unpaired) electrons. The fraction of sp³-hybridized carbons (Fsp3) is 0.320. The number of pyridine rings is 2. The molecule has 1 amide bonds. The number of anilines is 2. The second kappa shape index (κ2) is 10.1. The Kier molecular flexibility index (Phi) is 7.07. The van der Waals surface area contributed by atoms with Gasteiger partial charge in [0.1, 0.15) is 10.8 Å². The van der Waals surface area contributed by atoms with E-state index in [0.717, 1.165) is 59.6 Å². The number of rotatable bonds is 6. The van der Waals surface area contributed by atoms with Gasteiger partial charge in [-0.05, 0) is 74.0 Å². The minimum atomic E-state index is -0.140. The Labute approximate surface area is 194 Å². The number of likely N-dealkylation sites (N-methyl/N-ethyl adjacent to an activating group) is 1. The fourth-order valence-corrected chi connectivity index (χ4v) is 4.77. The van der Waals surface area contributed by atoms with Crippen molar-refractivity contribution in [3.8, 4) is 0 Å². The van der Waals surface area contributed by atoms with Gasteiger partial charge in [-0.2, -0.15) is 0 Å². The molecule has 1 saturated heterocycles. The van der Waals surface area contributed by atoms with Crippen molar-refractivity contribution in [1.29, 1.82) is 0 Å². The van der Waals surface area contributed by atoms with Crippen molar-refractivity contribution in [2.24, 2.45) is 0 Å². The molecule has 1 aliphatic rings. The van der Waals surface area contributed by atoms with Crippen LogP contribution in [0.15, 0.2) is 59.9 Å². The molecule has 3 aromatic rings. The van der Waals surface area contributed by atoms with E-state index in [-0.39, 0.29) is 5.91 Å². The van der Waals surface area contributed by atoms with Gasteiger partial charge >= 0.3 is 0 Å². The van der Waals surface area contributed by atoms with Crippen molar-refractivity contribution < 1.29 is 4.79 Å². The first-order valence-electron chi connectivity index (χ1n) is 10.8. The van der Waals surface area contributed by atoms with Crippen LogP contribution in [0.5, 0.6) is 0 Å². The minimum Gasteiger partial charge on any atom is -0.354 e. The molecule has 32 heavy (non-hydrogen) atoms. The van der Waals surface area contributed by atoms with Crippen LogP contribution in [0.25, 0.3) is 0 Å². The Morgan fingerprint density at radius 1 is 1.00 bits per heavy atom. The molecule has 1 aliphatic heterocycles. The largest absolute Gasteiger partial charge is 0.354 e. The van der Waals surface area contributed by atoms with E-state index in [2.05, 4.69) is 44.3 Å². The van der Waals surface area contributed by atoms with Gasteiger partial charge in [-0.3, -0.25) is 4.79 Å². The maximum Gasteiger partial charge on any atom is 0.258 e. The number of carbonyl (C=O) groups is 1. The van der Waals surface area contributed by atoms with Gasteiger partial charge in [0.15, 0.2) is 0 Å². The number of aromatic nitrogens is 2. The van der Waals surface area contributed by atoms with E-state index in [1.54, 1.807) is 24.0 Å². The lowest BCUT2D eigenvalue weighted by atomic mass is 10.1. The SMILES string of the molecule is Cc1cc(C)cc(NC(=O)c2cccnc2SCc2ccnc(N3CCN(C)CC3)c2)c1. The van der Waals surface area contributed by atoms with Crippen molar-refractivity contribution in [3.63, 3.8) is 0 Å². The Balaban J connectivity index is 1.44. The topological polar surface area (TPSA) is 61.4 Å². The maximum absolute atomic E-state index is 13.0. The smallest absolute Gasteiger partial charge is 0.258 e. The molecular formula is C25H29N5OS. The first kappa shape index (κ1) is 22.3. The Bertz CT molecular complexity index is 1070. The van der Waals surface area contributed by atoms with Crippen LogP contribution < -0.4 is 10.2 Å². The van der Waals surface area contributed by atoms with Crippen molar-refractivity contribution in [2.45, 2.75) is 24.6 Å². The summed E-state index contributed by atoms with van der Waals surface area (Å²) in [4.78, 5) is 26.7. The average Bonchev–Trinajstić information content (AvgIpc) is 2.78. The average molecular weight is 448 g/mol. The summed E-state index contributed by atoms with van der Waals surface area (Å²) >= 11 is 1.57. The number of benzene rings is 1. The minimum absolute atomic E-state index is 0.140. The van der Waals surface area contributed by atoms with Gasteiger partial charge in [-0.15, -0.1) is 11.8 Å². The van der Waals surface area contributed by atoms with E-state index < -0.39 is 0 Å². The lowest BCUT2D eigenvalue weighted by molar-refractivity contribution is 0.102. The second-order valence-corrected chi connectivity index (χ2v) is 9.25. The van der Waals surface area contributed by atoms with Gasteiger partial charge in [0, 0.05) is 50.0 Å². The monoisotopic (exact) mass is 447 g/mol. The Morgan fingerprint density at radius 3 is 2.50 bits per heavy atom. The molecule has 0 saturated carbocycles. The van der Waals surface area contributed by atoms with Crippen molar-refractivity contribution >= 4 is 29.2 Å². The molecule has 0 aliphatic carbocycles. The molecule has 6 nitrogen and oxygen atoms in total. The number of hydrogen-bond donors (Lipinski definition) is 1. The van der Waals surface area contributed by atoms with Gasteiger partial charge in [-0.1, -0.05) is 6.07 Å². The van der Waals surface area contributed by atoms with Crippen LogP contribution in [-0.4, -0.2) is 54.0 Å². The number of amides is 1. The van der Waals surface area contributed by atoms with Crippen LogP contribution in [-0.2, 0) is 5.75 Å². The van der Waals surface area contributed by atoms with E-state index in [1.807, 2.05) is 44.3 Å². The molecule has 1 aromatic carbocycles. The summed E-state index contributed by atoms with van der Waals surface area (Å²) in [5, 5.41) is 3.75. The highest BCUT2D eigenvalue weighted by Crippen LogP contribution is 2.26. The normalized spacial score (nSPS) is 14.4. The van der Waals surface area contributed by atoms with Gasteiger partial charge in [-0.25, -0.2) is 9.97 Å². The zero-order valence-electron chi connectivity index (χ0n) is 18.8. The summed E-state index contributed by atoms with van der Waals surface area (Å²) in [5.74, 6) is 1.60. The van der Waals surface area contributed by atoms with Gasteiger partial charge in [0.2, 0.25) is 0 Å². The van der Waals surface area contributed by atoms with Crippen molar-refractivity contribution in [3.05, 3.63) is 77.1 Å². The molecule has 2 aromatic heterocycles. The van der Waals surface area contributed by atoms with Gasteiger partial charge in [0.25, 0.3) is 5.91 Å². The zero-order chi connectivity index (χ0) is 22.5. The third-order valence-electron chi connectivity index (χ3n) is 5.51. The molecule has 4 rings (SSSR count). The molecule has 0 unspecified atom stereocenters. The van der Waals surface area contributed by atoms with Crippen LogP contribution in [0, 0.1) is 13.8 Å². The first-order chi connectivity index (χ1) is 15.5. The maximum atomic E-state index is 13.0. The highest BCUT2D eigenvalue weighted by molar-refractivity contribution is 7.98. The Hall–Kier alpha value is -2.90. The van der Waals surface area contributed by atoms with E-state index in [1.165, 1.54) is 5.56 Å². The van der Waals surface area contributed by atoms with Gasteiger partial charge in [0.05, 0.1) is 5.56 Å². The van der Waals surface area contributed by atoms with Crippen LogP contribution in [0.2, 0.25) is 0 Å². The number of carbonyl (C=O) groups excluding carboxylic acids is 1. The van der Waals surface area contributed by atoms with E-state index in [4.69, 9.17) is 0 Å². The first-order valence-corrected chi connectivity index (χ1v) is 11.8. The summed E-state index contributed by atoms with van der Waals surface area (Å²) in [6.07, 6.45) is 3.60. The predicted molar refractivity (Wildman–Crippen MR) is 132 cm³/mol. The molecule has 166 valence electrons. The summed E-state index contributed by atoms with van der Waals surface area (Å²) in [6, 6.07) is 13.9. The molecule has 7 heteroatoms. The predicted octanol–water partition coefficient (Wildman–Crippen LogP) is 4.39. The molecule has 0 atom stereocenters. The van der Waals surface area contributed by atoms with Crippen LogP contribution in [0.4, 0.5) is 11.5 Å². The van der Waals surface area contributed by atoms with E-state index in [0.29, 0.717) is 5.56 Å². The lowest BCUT2D eigenvalue weighted by Crippen LogP contribution is -2.44. The number of piperazine rings is 1. The fourth-order valence-electron chi connectivity index (χ4n) is 3.83. The van der Waals surface area contributed by atoms with Crippen molar-refractivity contribution in [1.82, 2.24) is 14.9 Å². The van der Waals surface area contributed by atoms with E-state index in [9.17, 15) is 4.79 Å². The standard InChI is InChI=1S/C25H29N5OS/c1-18-13-19(2)15-21(14-18)28-24(31)22-5-4-7-27-25(22)32-17-20-6-8-26-23(16-20)30-11-9-29(3)10-12-30/h4-8,13-16H,9-12,17H2,1-3H3,(H,28,31). The molecule has 1 N–H and O–H groups in total. The number of hydrogen-bond acceptors (Lipinski definition) is 6. The van der Waals surface area contributed by atoms with Crippen molar-refractivity contribution in [2.75, 3.05) is 43.4 Å². The lowest BCUT2D eigenvalue weighted by Gasteiger charge is -2.33. The summed E-state index contributed by atoms with van der Waals surface area (Å²) in [7, 11) is 2.15. The molecule has 3 heterocycles. The second-order valence-electron chi connectivity index (χ2n) is 8.29. The van der Waals surface area contributed by atoms with Crippen LogP contribution in [0.1, 0.15) is 27.0 Å². The quantitative estimate of drug-likeness (QED) is 0.566. The van der Waals surface area contributed by atoms with E-state index >= 15 is 0 Å². The van der Waals surface area contributed by atoms with Gasteiger partial charge < -0.3 is 15.1 Å². The summed E-state index contributed by atoms with van der Waals surface area (Å²) < 4.78 is 0. The highest BCUT2D eigenvalue weighted by atomic mass is 32.2. The number of thioether (sulfide) groups is 1. The van der Waals surface area contributed by atoms with Crippen LogP contribution in [0.3, 0.4) is 0 Å². The third kappa shape index (κ3) is 5.66. The third-order valence-corrected chi connectivity index (χ3v) is 6.58. The summed E-state index contributed by atoms with van der Waals surface area (Å²) in [6.45, 7) is 8.13. The Morgan fingerprint density at radius 2 is 1.75 bits per heavy atom. The molecule has 0 bridgehead atoms. The highest BCUT2D eigenvalue weighted by Gasteiger charge is 2.17. The number of aryl methyl sites for hydroxylation is 2. The molecule has 1 fully saturated rings. The zero-order valence-corrected chi connectivity index (χ0v) is 19.7.